The van der Waals surface area contributed by atoms with Gasteiger partial charge in [-0.15, -0.1) is 0 Å². The Balaban J connectivity index is 1.50. The maximum absolute atomic E-state index is 12.0. The second kappa shape index (κ2) is 22.0. The van der Waals surface area contributed by atoms with Crippen LogP contribution in [0.3, 0.4) is 0 Å². The number of carboxylic acids is 2. The molecule has 0 aliphatic carbocycles. The Labute approximate surface area is 373 Å². The number of aliphatic hydroxyl groups excluding tert-OH is 1. The predicted octanol–water partition coefficient (Wildman–Crippen LogP) is 14.1. The van der Waals surface area contributed by atoms with E-state index in [9.17, 15) is 24.9 Å². The molecular weight excluding hydrogens is 785 g/mol. The van der Waals surface area contributed by atoms with Crippen LogP contribution in [0.15, 0.2) is 77.4 Å². The van der Waals surface area contributed by atoms with Crippen LogP contribution in [0.2, 0.25) is 0 Å². The standard InChI is InChI=1S/C54H68N4O5/c1-11-40-36(7)45-30-50-54(51(59)23-15-22-35(6)21-14-20-34(5)19-13-18-33(4)17-12-16-32(2)3)39(10)46(58-50)28-43-37(8)41(24-26-52(60)61)48(56-43)31-49-42(25-27-53(62)63)38(9)44(57-49)29-47(40)55-45/h11,16,18,20,22,28-31,51,55,58-59H,1,12-15,17,19,21,23-27H2,2-10H3,(H,60,61)(H,62,63)/b33-18+,34-20+,35-22+,43-28?,44-29?,45-30?,46-28?,47-29?,48-31?,49-31?,50-30?/t51-/m0/s1. The summed E-state index contributed by atoms with van der Waals surface area (Å²) in [5.41, 5.74) is 18.4. The molecule has 334 valence electrons. The molecule has 0 amide bonds. The number of aryl methyl sites for hydroxylation is 2. The molecule has 1 atom stereocenters. The van der Waals surface area contributed by atoms with E-state index in [0.29, 0.717) is 29.2 Å². The molecule has 9 heteroatoms. The third-order valence-electron chi connectivity index (χ3n) is 12.4. The Hall–Kier alpha value is -5.80. The van der Waals surface area contributed by atoms with Crippen LogP contribution in [0, 0.1) is 13.8 Å². The Bertz CT molecular complexity index is 2600. The molecule has 2 aliphatic heterocycles. The summed E-state index contributed by atoms with van der Waals surface area (Å²) in [7, 11) is 0. The number of aliphatic hydroxyl groups is 1. The summed E-state index contributed by atoms with van der Waals surface area (Å²) >= 11 is 0. The number of hydrogen-bond acceptors (Lipinski definition) is 5. The number of carboxylic acid groups (broad SMARTS) is 2. The fraction of sp³-hybridized carbons (Fsp3) is 0.407. The zero-order chi connectivity index (χ0) is 46.0. The lowest BCUT2D eigenvalue weighted by atomic mass is 9.98. The van der Waals surface area contributed by atoms with Crippen molar-refractivity contribution in [1.82, 2.24) is 19.9 Å². The smallest absolute Gasteiger partial charge is 0.303 e. The third kappa shape index (κ3) is 12.7. The van der Waals surface area contributed by atoms with Gasteiger partial charge in [0.25, 0.3) is 0 Å². The zero-order valence-corrected chi connectivity index (χ0v) is 39.0. The molecule has 0 fully saturated rings. The lowest BCUT2D eigenvalue weighted by Gasteiger charge is -2.10. The van der Waals surface area contributed by atoms with Crippen LogP contribution < -0.4 is 0 Å². The highest BCUT2D eigenvalue weighted by atomic mass is 16.4. The van der Waals surface area contributed by atoms with Crippen LogP contribution >= 0.6 is 0 Å². The van der Waals surface area contributed by atoms with Crippen molar-refractivity contribution in [3.63, 3.8) is 0 Å². The van der Waals surface area contributed by atoms with E-state index < -0.39 is 18.0 Å². The largest absolute Gasteiger partial charge is 0.481 e. The lowest BCUT2D eigenvalue weighted by molar-refractivity contribution is -0.137. The van der Waals surface area contributed by atoms with Crippen molar-refractivity contribution >= 4 is 62.4 Å². The minimum atomic E-state index is -0.906. The van der Waals surface area contributed by atoms with Gasteiger partial charge in [-0.25, -0.2) is 9.97 Å². The Morgan fingerprint density at radius 1 is 0.603 bits per heavy atom. The summed E-state index contributed by atoms with van der Waals surface area (Å²) in [4.78, 5) is 40.8. The molecule has 0 saturated heterocycles. The molecule has 0 spiro atoms. The number of nitrogens with zero attached hydrogens (tertiary/aromatic N) is 2. The van der Waals surface area contributed by atoms with E-state index in [1.165, 1.54) is 22.3 Å². The first kappa shape index (κ1) is 48.2. The molecule has 9 nitrogen and oxygen atoms in total. The Morgan fingerprint density at radius 3 is 1.56 bits per heavy atom. The zero-order valence-electron chi connectivity index (χ0n) is 39.0. The van der Waals surface area contributed by atoms with Crippen molar-refractivity contribution in [3.05, 3.63) is 122 Å². The SMILES string of the molecule is C=Cc1c(C)c2cc3[nH]c(cc4nc(cc5nc(cc1[nH]2)C(C)=C5CCC(=O)O)C(CCC(=O)O)=C4C)c(C)c3[C@@H](O)CC/C=C(\C)CC/C=C(\C)CC/C=C(\C)CCC=C(C)C. The molecule has 3 aromatic heterocycles. The van der Waals surface area contributed by atoms with Crippen molar-refractivity contribution in [2.75, 3.05) is 0 Å². The quantitative estimate of drug-likeness (QED) is 0.0710. The predicted molar refractivity (Wildman–Crippen MR) is 262 cm³/mol. The van der Waals surface area contributed by atoms with E-state index >= 15 is 0 Å². The van der Waals surface area contributed by atoms with E-state index in [1.807, 2.05) is 58.0 Å². The molecule has 5 rings (SSSR count). The molecule has 3 aromatic rings. The molecule has 0 radical (unpaired) electrons. The van der Waals surface area contributed by atoms with Crippen LogP contribution in [0.25, 0.3) is 50.4 Å². The second-order valence-electron chi connectivity index (χ2n) is 17.7. The van der Waals surface area contributed by atoms with Gasteiger partial charge in [0.2, 0.25) is 0 Å². The second-order valence-corrected chi connectivity index (χ2v) is 17.7. The topological polar surface area (TPSA) is 152 Å². The average Bonchev–Trinajstić information content (AvgIpc) is 3.88. The summed E-state index contributed by atoms with van der Waals surface area (Å²) in [5, 5.41) is 31.2. The molecule has 8 bridgehead atoms. The summed E-state index contributed by atoms with van der Waals surface area (Å²) in [6.45, 7) is 23.0. The van der Waals surface area contributed by atoms with Gasteiger partial charge in [0.05, 0.1) is 28.9 Å². The number of rotatable bonds is 20. The molecule has 5 N–H and O–H groups in total. The van der Waals surface area contributed by atoms with Gasteiger partial charge >= 0.3 is 11.9 Å². The van der Waals surface area contributed by atoms with E-state index in [1.54, 1.807) is 0 Å². The molecule has 0 saturated carbocycles. The van der Waals surface area contributed by atoms with Crippen LogP contribution in [0.4, 0.5) is 0 Å². The summed E-state index contributed by atoms with van der Waals surface area (Å²) in [6.07, 6.45) is 18.5. The van der Waals surface area contributed by atoms with Gasteiger partial charge in [0.1, 0.15) is 0 Å². The number of nitrogens with one attached hydrogen (secondary N) is 2. The minimum Gasteiger partial charge on any atom is -0.481 e. The van der Waals surface area contributed by atoms with Gasteiger partial charge in [-0.2, -0.15) is 0 Å². The summed E-state index contributed by atoms with van der Waals surface area (Å²) < 4.78 is 0. The van der Waals surface area contributed by atoms with Crippen LogP contribution in [0.5, 0.6) is 0 Å². The molecule has 0 aromatic carbocycles. The molecule has 0 unspecified atom stereocenters. The van der Waals surface area contributed by atoms with Gasteiger partial charge in [-0.3, -0.25) is 9.59 Å². The van der Waals surface area contributed by atoms with Crippen LogP contribution in [-0.2, 0) is 9.59 Å². The van der Waals surface area contributed by atoms with E-state index in [4.69, 9.17) is 9.97 Å². The number of aromatic nitrogens is 4. The van der Waals surface area contributed by atoms with Crippen molar-refractivity contribution in [2.45, 2.75) is 145 Å². The fourth-order valence-electron chi connectivity index (χ4n) is 8.55. The monoisotopic (exact) mass is 853 g/mol. The van der Waals surface area contributed by atoms with Crippen LogP contribution in [-0.4, -0.2) is 47.2 Å². The van der Waals surface area contributed by atoms with Crippen molar-refractivity contribution in [3.8, 4) is 0 Å². The maximum atomic E-state index is 12.0. The number of carbonyl (C=O) groups is 2. The average molecular weight is 853 g/mol. The third-order valence-corrected chi connectivity index (χ3v) is 12.4. The van der Waals surface area contributed by atoms with E-state index in [-0.39, 0.29) is 25.7 Å². The van der Waals surface area contributed by atoms with Crippen molar-refractivity contribution in [2.24, 2.45) is 0 Å². The highest BCUT2D eigenvalue weighted by Gasteiger charge is 2.23. The van der Waals surface area contributed by atoms with Gasteiger partial charge in [-0.05, 0) is 184 Å². The summed E-state index contributed by atoms with van der Waals surface area (Å²) in [5.74, 6) is -1.81. The first-order valence-corrected chi connectivity index (χ1v) is 22.5. The summed E-state index contributed by atoms with van der Waals surface area (Å²) in [6, 6.07) is 7.86. The number of fused-ring (bicyclic) bond motifs is 8. The molecule has 2 aliphatic rings. The number of aromatic amines is 2. The van der Waals surface area contributed by atoms with E-state index in [2.05, 4.69) is 75.5 Å². The lowest BCUT2D eigenvalue weighted by Crippen LogP contribution is -1.98. The number of aliphatic carboxylic acids is 2. The van der Waals surface area contributed by atoms with Crippen LogP contribution in [0.1, 0.15) is 177 Å². The molecular formula is C54H68N4O5. The minimum absolute atomic E-state index is 0.0600. The van der Waals surface area contributed by atoms with Crippen molar-refractivity contribution in [1.29, 1.82) is 0 Å². The maximum Gasteiger partial charge on any atom is 0.303 e. The van der Waals surface area contributed by atoms with Gasteiger partial charge in [0, 0.05) is 46.0 Å². The highest BCUT2D eigenvalue weighted by Crippen LogP contribution is 2.39. The number of H-pyrrole nitrogens is 2. The van der Waals surface area contributed by atoms with E-state index in [0.717, 1.165) is 112 Å². The Morgan fingerprint density at radius 2 is 1.06 bits per heavy atom. The highest BCUT2D eigenvalue weighted by molar-refractivity contribution is 5.97. The van der Waals surface area contributed by atoms with Crippen molar-refractivity contribution < 1.29 is 24.9 Å². The van der Waals surface area contributed by atoms with Gasteiger partial charge in [-0.1, -0.05) is 59.3 Å². The van der Waals surface area contributed by atoms with Gasteiger partial charge in [0.15, 0.2) is 0 Å². The molecule has 5 heterocycles. The first-order chi connectivity index (χ1) is 30.0. The van der Waals surface area contributed by atoms with Gasteiger partial charge < -0.3 is 25.3 Å². The number of allylic oxidation sites excluding steroid dienone is 12. The number of hydrogen-bond donors (Lipinski definition) is 5. The fourth-order valence-corrected chi connectivity index (χ4v) is 8.55. The normalized spacial score (nSPS) is 14.1. The first-order valence-electron chi connectivity index (χ1n) is 22.5. The Kier molecular flexibility index (Phi) is 16.9. The molecule has 63 heavy (non-hydrogen) atoms.